The third kappa shape index (κ3) is 8.09. The molecule has 0 aliphatic carbocycles. The van der Waals surface area contributed by atoms with Crippen molar-refractivity contribution in [3.05, 3.63) is 47.6 Å². The highest BCUT2D eigenvalue weighted by atomic mass is 16.2. The maximum absolute atomic E-state index is 11.6. The number of hydrogen-bond acceptors (Lipinski definition) is 4. The number of aryl methyl sites for hydroxylation is 1. The van der Waals surface area contributed by atoms with E-state index in [9.17, 15) is 4.79 Å². The second kappa shape index (κ2) is 12.2. The largest absolute Gasteiger partial charge is 0.399 e. The van der Waals surface area contributed by atoms with E-state index in [-0.39, 0.29) is 12.1 Å². The fourth-order valence-electron chi connectivity index (χ4n) is 3.47. The summed E-state index contributed by atoms with van der Waals surface area (Å²) in [6, 6.07) is 5.95. The molecule has 5 N–H and O–H groups in total. The monoisotopic (exact) mass is 426 g/mol. The molecule has 7 heteroatoms. The molecular formula is C24H38N6O. The Morgan fingerprint density at radius 1 is 1.32 bits per heavy atom. The van der Waals surface area contributed by atoms with E-state index in [1.807, 2.05) is 39.0 Å². The lowest BCUT2D eigenvalue weighted by atomic mass is 9.99. The molecule has 1 aromatic carbocycles. The van der Waals surface area contributed by atoms with Crippen molar-refractivity contribution in [2.24, 2.45) is 4.99 Å². The number of nitrogen functional groups attached to an aromatic ring is 1. The molecule has 0 aromatic heterocycles. The van der Waals surface area contributed by atoms with Gasteiger partial charge in [0.25, 0.3) is 0 Å². The smallest absolute Gasteiger partial charge is 0.314 e. The van der Waals surface area contributed by atoms with Gasteiger partial charge in [-0.05, 0) is 75.9 Å². The van der Waals surface area contributed by atoms with Gasteiger partial charge in [-0.3, -0.25) is 9.89 Å². The first-order valence-electron chi connectivity index (χ1n) is 11.1. The first-order chi connectivity index (χ1) is 14.8. The maximum atomic E-state index is 11.6. The lowest BCUT2D eigenvalue weighted by Crippen LogP contribution is -2.40. The maximum Gasteiger partial charge on any atom is 0.314 e. The molecule has 0 spiro atoms. The quantitative estimate of drug-likeness (QED) is 0.210. The second-order valence-electron chi connectivity index (χ2n) is 8.29. The number of carbonyl (C=O) groups is 1. The summed E-state index contributed by atoms with van der Waals surface area (Å²) in [7, 11) is 1.78. The molecule has 0 bridgehead atoms. The van der Waals surface area contributed by atoms with Gasteiger partial charge in [-0.2, -0.15) is 0 Å². The van der Waals surface area contributed by atoms with Gasteiger partial charge in [0.15, 0.2) is 0 Å². The molecule has 0 saturated heterocycles. The summed E-state index contributed by atoms with van der Waals surface area (Å²) in [5.41, 5.74) is 10.9. The van der Waals surface area contributed by atoms with Gasteiger partial charge in [-0.15, -0.1) is 0 Å². The number of benzene rings is 1. The Bertz CT molecular complexity index is 827. The number of nitrogens with one attached hydrogen (secondary N) is 3. The van der Waals surface area contributed by atoms with Crippen LogP contribution in [0.1, 0.15) is 38.7 Å². The van der Waals surface area contributed by atoms with Crippen molar-refractivity contribution < 1.29 is 4.79 Å². The number of hydrogen-bond donors (Lipinski definition) is 4. The number of nitrogens with two attached hydrogens (primary N) is 1. The average molecular weight is 427 g/mol. The minimum absolute atomic E-state index is 0.0878. The number of rotatable bonds is 9. The molecule has 2 amide bonds. The number of amidine groups is 1. The predicted molar refractivity (Wildman–Crippen MR) is 132 cm³/mol. The molecule has 0 fully saturated rings. The Kier molecular flexibility index (Phi) is 9.59. The summed E-state index contributed by atoms with van der Waals surface area (Å²) in [4.78, 5) is 18.4. The van der Waals surface area contributed by atoms with E-state index in [0.29, 0.717) is 6.54 Å². The van der Waals surface area contributed by atoms with Crippen LogP contribution >= 0.6 is 0 Å². The zero-order valence-corrected chi connectivity index (χ0v) is 19.4. The molecule has 0 unspecified atom stereocenters. The summed E-state index contributed by atoms with van der Waals surface area (Å²) in [6.45, 7) is 13.8. The van der Waals surface area contributed by atoms with Gasteiger partial charge in [-0.1, -0.05) is 12.7 Å². The van der Waals surface area contributed by atoms with Crippen LogP contribution < -0.4 is 21.7 Å². The molecule has 0 saturated carbocycles. The lowest BCUT2D eigenvalue weighted by molar-refractivity contribution is 0.237. The molecule has 7 nitrogen and oxygen atoms in total. The highest BCUT2D eigenvalue weighted by Gasteiger charge is 2.16. The molecule has 170 valence electrons. The van der Waals surface area contributed by atoms with Gasteiger partial charge < -0.3 is 21.7 Å². The Morgan fingerprint density at radius 3 is 2.71 bits per heavy atom. The van der Waals surface area contributed by atoms with Gasteiger partial charge in [-0.25, -0.2) is 4.79 Å². The summed E-state index contributed by atoms with van der Waals surface area (Å²) in [6.07, 6.45) is 5.24. The number of aliphatic imine (C=N–C) groups is 1. The molecule has 1 aliphatic heterocycles. The van der Waals surface area contributed by atoms with Crippen molar-refractivity contribution in [1.29, 1.82) is 0 Å². The number of unbranched alkanes of at least 4 members (excludes halogenated alkanes) is 1. The van der Waals surface area contributed by atoms with E-state index in [1.165, 1.54) is 5.57 Å². The van der Waals surface area contributed by atoms with Gasteiger partial charge >= 0.3 is 6.03 Å². The van der Waals surface area contributed by atoms with Crippen LogP contribution in [0.15, 0.2) is 47.0 Å². The number of amides is 2. The average Bonchev–Trinajstić information content (AvgIpc) is 2.73. The fourth-order valence-corrected chi connectivity index (χ4v) is 3.47. The van der Waals surface area contributed by atoms with Crippen LogP contribution in [0.25, 0.3) is 0 Å². The van der Waals surface area contributed by atoms with Crippen LogP contribution in [-0.4, -0.2) is 56.0 Å². The highest BCUT2D eigenvalue weighted by Crippen LogP contribution is 2.22. The van der Waals surface area contributed by atoms with E-state index >= 15 is 0 Å². The standard InChI is InChI=1S/C24H38N6O/c1-17(2)28-24(31)27-12-6-7-13-30-14-10-20(11-15-30)19(4)23(26-5)29-21-8-9-22(25)18(3)16-21/h8-10,16-17H,4,6-7,11-15,25H2,1-3,5H3,(H,26,29)(H2,27,28,31). The third-order valence-electron chi connectivity index (χ3n) is 5.33. The van der Waals surface area contributed by atoms with Gasteiger partial charge in [0, 0.05) is 49.7 Å². The highest BCUT2D eigenvalue weighted by molar-refractivity contribution is 6.10. The first kappa shape index (κ1) is 24.5. The van der Waals surface area contributed by atoms with Crippen LogP contribution in [0, 0.1) is 6.92 Å². The van der Waals surface area contributed by atoms with Crippen molar-refractivity contribution in [2.75, 3.05) is 44.3 Å². The molecule has 1 heterocycles. The van der Waals surface area contributed by atoms with Crippen molar-refractivity contribution in [3.8, 4) is 0 Å². The van der Waals surface area contributed by atoms with E-state index in [2.05, 4.69) is 38.5 Å². The molecule has 1 aliphatic rings. The number of anilines is 2. The Morgan fingerprint density at radius 2 is 2.10 bits per heavy atom. The van der Waals surface area contributed by atoms with Crippen LogP contribution in [-0.2, 0) is 0 Å². The number of nitrogens with zero attached hydrogens (tertiary/aromatic N) is 2. The summed E-state index contributed by atoms with van der Waals surface area (Å²) >= 11 is 0. The van der Waals surface area contributed by atoms with Crippen molar-refractivity contribution in [1.82, 2.24) is 15.5 Å². The summed E-state index contributed by atoms with van der Waals surface area (Å²) in [5.74, 6) is 0.787. The Balaban J connectivity index is 1.76. The fraction of sp³-hybridized carbons (Fsp3) is 0.500. The zero-order valence-electron chi connectivity index (χ0n) is 19.4. The topological polar surface area (TPSA) is 94.8 Å². The Labute approximate surface area is 186 Å². The van der Waals surface area contributed by atoms with Crippen molar-refractivity contribution in [2.45, 2.75) is 46.1 Å². The van der Waals surface area contributed by atoms with Crippen LogP contribution in [0.4, 0.5) is 16.2 Å². The Hall–Kier alpha value is -2.80. The minimum Gasteiger partial charge on any atom is -0.399 e. The molecule has 31 heavy (non-hydrogen) atoms. The van der Waals surface area contributed by atoms with E-state index in [0.717, 1.165) is 67.2 Å². The minimum atomic E-state index is -0.0878. The van der Waals surface area contributed by atoms with Gasteiger partial charge in [0.05, 0.1) is 0 Å². The molecule has 0 atom stereocenters. The van der Waals surface area contributed by atoms with Crippen LogP contribution in [0.2, 0.25) is 0 Å². The van der Waals surface area contributed by atoms with E-state index < -0.39 is 0 Å². The molecule has 1 aromatic rings. The van der Waals surface area contributed by atoms with Crippen molar-refractivity contribution >= 4 is 23.2 Å². The third-order valence-corrected chi connectivity index (χ3v) is 5.33. The summed E-state index contributed by atoms with van der Waals surface area (Å²) < 4.78 is 0. The predicted octanol–water partition coefficient (Wildman–Crippen LogP) is 3.69. The van der Waals surface area contributed by atoms with E-state index in [4.69, 9.17) is 5.73 Å². The van der Waals surface area contributed by atoms with Crippen LogP contribution in [0.3, 0.4) is 0 Å². The SMILES string of the molecule is C=C(C1=CCN(CCCCNC(=O)NC(C)C)CC1)C(=NC)Nc1ccc(N)c(C)c1. The number of carbonyl (C=O) groups excluding carboxylic acids is 1. The van der Waals surface area contributed by atoms with Crippen molar-refractivity contribution in [3.63, 3.8) is 0 Å². The second-order valence-corrected chi connectivity index (χ2v) is 8.29. The van der Waals surface area contributed by atoms with E-state index in [1.54, 1.807) is 7.05 Å². The normalized spacial score (nSPS) is 14.9. The van der Waals surface area contributed by atoms with Crippen LogP contribution in [0.5, 0.6) is 0 Å². The molecule has 0 radical (unpaired) electrons. The number of urea groups is 1. The lowest BCUT2D eigenvalue weighted by Gasteiger charge is -2.27. The molecular weight excluding hydrogens is 388 g/mol. The summed E-state index contributed by atoms with van der Waals surface area (Å²) in [5, 5.41) is 9.11. The van der Waals surface area contributed by atoms with Gasteiger partial charge in [0.2, 0.25) is 0 Å². The zero-order chi connectivity index (χ0) is 22.8. The van der Waals surface area contributed by atoms with Gasteiger partial charge in [0.1, 0.15) is 5.84 Å². The first-order valence-corrected chi connectivity index (χ1v) is 11.1. The molecule has 2 rings (SSSR count).